The number of aryl methyl sites for hydroxylation is 1. The van der Waals surface area contributed by atoms with Gasteiger partial charge in [-0.05, 0) is 36.8 Å². The molecular weight excluding hydrogens is 246 g/mol. The fourth-order valence-electron chi connectivity index (χ4n) is 1.76. The number of nitrogens with one attached hydrogen (secondary N) is 1. The number of thiophene rings is 1. The molecule has 1 heterocycles. The number of hydrogen-bond donors (Lipinski definition) is 3. The van der Waals surface area contributed by atoms with Gasteiger partial charge in [-0.15, -0.1) is 11.3 Å². The van der Waals surface area contributed by atoms with Crippen molar-refractivity contribution in [3.63, 3.8) is 0 Å². The molecule has 2 rings (SSSR count). The van der Waals surface area contributed by atoms with Crippen LogP contribution in [0.2, 0.25) is 0 Å². The fourth-order valence-corrected chi connectivity index (χ4v) is 2.62. The van der Waals surface area contributed by atoms with Crippen LogP contribution in [0.1, 0.15) is 21.4 Å². The summed E-state index contributed by atoms with van der Waals surface area (Å²) in [4.78, 5) is 2.55. The highest BCUT2D eigenvalue weighted by Gasteiger charge is 2.07. The third kappa shape index (κ3) is 3.57. The average Bonchev–Trinajstić information content (AvgIpc) is 2.75. The lowest BCUT2D eigenvalue weighted by Gasteiger charge is -2.12. The Labute approximate surface area is 111 Å². The van der Waals surface area contributed by atoms with Gasteiger partial charge in [0.2, 0.25) is 0 Å². The molecule has 0 saturated heterocycles. The molecular formula is C14H17NO2S. The van der Waals surface area contributed by atoms with Gasteiger partial charge < -0.3 is 15.5 Å². The Hall–Kier alpha value is -1.36. The predicted octanol–water partition coefficient (Wildman–Crippen LogP) is 2.59. The summed E-state index contributed by atoms with van der Waals surface area (Å²) in [6, 6.07) is 10.9. The van der Waals surface area contributed by atoms with Crippen LogP contribution in [0.5, 0.6) is 5.75 Å². The summed E-state index contributed by atoms with van der Waals surface area (Å²) in [5, 5.41) is 22.5. The van der Waals surface area contributed by atoms with Crippen molar-refractivity contribution < 1.29 is 10.2 Å². The highest BCUT2D eigenvalue weighted by atomic mass is 32.1. The molecule has 2 aromatic rings. The van der Waals surface area contributed by atoms with E-state index >= 15 is 0 Å². The van der Waals surface area contributed by atoms with Crippen LogP contribution in [-0.4, -0.2) is 16.8 Å². The number of hydrogen-bond acceptors (Lipinski definition) is 4. The molecule has 0 unspecified atom stereocenters. The van der Waals surface area contributed by atoms with Crippen LogP contribution in [0.25, 0.3) is 0 Å². The molecule has 0 aliphatic heterocycles. The van der Waals surface area contributed by atoms with Gasteiger partial charge in [0.25, 0.3) is 0 Å². The minimum absolute atomic E-state index is 0.181. The van der Waals surface area contributed by atoms with E-state index in [1.165, 1.54) is 9.75 Å². The lowest BCUT2D eigenvalue weighted by atomic mass is 10.1. The van der Waals surface area contributed by atoms with E-state index < -0.39 is 6.10 Å². The molecule has 3 nitrogen and oxygen atoms in total. The maximum atomic E-state index is 9.96. The molecule has 1 aromatic heterocycles. The second kappa shape index (κ2) is 6.00. The van der Waals surface area contributed by atoms with Crippen molar-refractivity contribution in [1.82, 2.24) is 5.32 Å². The summed E-state index contributed by atoms with van der Waals surface area (Å²) < 4.78 is 0. The third-order valence-electron chi connectivity index (χ3n) is 2.69. The number of aliphatic hydroxyl groups excluding tert-OH is 1. The van der Waals surface area contributed by atoms with Crippen molar-refractivity contribution in [2.45, 2.75) is 19.6 Å². The van der Waals surface area contributed by atoms with Crippen LogP contribution in [0, 0.1) is 6.92 Å². The van der Waals surface area contributed by atoms with E-state index in [1.54, 1.807) is 35.6 Å². The first-order valence-corrected chi connectivity index (χ1v) is 6.70. The zero-order valence-electron chi connectivity index (χ0n) is 10.3. The van der Waals surface area contributed by atoms with E-state index in [4.69, 9.17) is 0 Å². The normalized spacial score (nSPS) is 12.6. The van der Waals surface area contributed by atoms with E-state index in [9.17, 15) is 10.2 Å². The largest absolute Gasteiger partial charge is 0.508 e. The average molecular weight is 263 g/mol. The van der Waals surface area contributed by atoms with Crippen LogP contribution < -0.4 is 5.32 Å². The molecule has 0 spiro atoms. The zero-order chi connectivity index (χ0) is 13.0. The Morgan fingerprint density at radius 3 is 2.78 bits per heavy atom. The van der Waals surface area contributed by atoms with Gasteiger partial charge in [-0.2, -0.15) is 0 Å². The summed E-state index contributed by atoms with van der Waals surface area (Å²) in [6.07, 6.45) is -0.599. The van der Waals surface area contributed by atoms with Crippen molar-refractivity contribution >= 4 is 11.3 Å². The van der Waals surface area contributed by atoms with E-state index in [-0.39, 0.29) is 5.75 Å². The van der Waals surface area contributed by atoms with Gasteiger partial charge in [-0.25, -0.2) is 0 Å². The molecule has 0 aliphatic rings. The van der Waals surface area contributed by atoms with E-state index in [1.807, 2.05) is 0 Å². The summed E-state index contributed by atoms with van der Waals surface area (Å²) in [7, 11) is 0. The Bertz CT molecular complexity index is 510. The Morgan fingerprint density at radius 2 is 2.11 bits per heavy atom. The highest BCUT2D eigenvalue weighted by Crippen LogP contribution is 2.18. The standard InChI is InChI=1S/C14H17NO2S/c1-10-5-6-13(18-10)8-15-9-14(17)11-3-2-4-12(16)7-11/h2-7,14-17H,8-9H2,1H3/t14-/m1/s1. The van der Waals surface area contributed by atoms with Crippen LogP contribution in [0.3, 0.4) is 0 Å². The van der Waals surface area contributed by atoms with Gasteiger partial charge in [0.1, 0.15) is 5.75 Å². The minimum Gasteiger partial charge on any atom is -0.508 e. The van der Waals surface area contributed by atoms with Gasteiger partial charge in [0.05, 0.1) is 6.10 Å². The van der Waals surface area contributed by atoms with Crippen molar-refractivity contribution in [1.29, 1.82) is 0 Å². The van der Waals surface area contributed by atoms with Gasteiger partial charge >= 0.3 is 0 Å². The Balaban J connectivity index is 1.83. The van der Waals surface area contributed by atoms with Crippen LogP contribution in [0.4, 0.5) is 0 Å². The van der Waals surface area contributed by atoms with Crippen LogP contribution in [-0.2, 0) is 6.54 Å². The van der Waals surface area contributed by atoms with Gasteiger partial charge in [0, 0.05) is 22.8 Å². The molecule has 0 bridgehead atoms. The summed E-state index contributed by atoms with van der Waals surface area (Å²) in [6.45, 7) is 3.31. The molecule has 96 valence electrons. The molecule has 0 saturated carbocycles. The fraction of sp³-hybridized carbons (Fsp3) is 0.286. The van der Waals surface area contributed by atoms with E-state index in [0.29, 0.717) is 6.54 Å². The summed E-state index contributed by atoms with van der Waals surface area (Å²) >= 11 is 1.75. The predicted molar refractivity (Wildman–Crippen MR) is 73.8 cm³/mol. The quantitative estimate of drug-likeness (QED) is 0.777. The first-order chi connectivity index (χ1) is 8.65. The number of phenolic OH excluding ortho intramolecular Hbond substituents is 1. The molecule has 0 fully saturated rings. The lowest BCUT2D eigenvalue weighted by Crippen LogP contribution is -2.20. The maximum Gasteiger partial charge on any atom is 0.115 e. The second-order valence-corrected chi connectivity index (χ2v) is 5.63. The summed E-state index contributed by atoms with van der Waals surface area (Å²) in [5.41, 5.74) is 0.727. The lowest BCUT2D eigenvalue weighted by molar-refractivity contribution is 0.174. The molecule has 1 aromatic carbocycles. The number of aliphatic hydroxyl groups is 1. The molecule has 1 atom stereocenters. The van der Waals surface area contributed by atoms with Gasteiger partial charge in [-0.1, -0.05) is 12.1 Å². The Morgan fingerprint density at radius 1 is 1.28 bits per heavy atom. The molecule has 4 heteroatoms. The SMILES string of the molecule is Cc1ccc(CNC[C@@H](O)c2cccc(O)c2)s1. The molecule has 0 radical (unpaired) electrons. The molecule has 0 amide bonds. The highest BCUT2D eigenvalue weighted by molar-refractivity contribution is 7.11. The summed E-state index contributed by atoms with van der Waals surface area (Å²) in [5.74, 6) is 0.181. The third-order valence-corrected chi connectivity index (χ3v) is 3.69. The topological polar surface area (TPSA) is 52.5 Å². The first-order valence-electron chi connectivity index (χ1n) is 5.88. The first kappa shape index (κ1) is 13.1. The van der Waals surface area contributed by atoms with Crippen molar-refractivity contribution in [2.75, 3.05) is 6.54 Å². The van der Waals surface area contributed by atoms with Crippen molar-refractivity contribution in [3.8, 4) is 5.75 Å². The van der Waals surface area contributed by atoms with Crippen LogP contribution >= 0.6 is 11.3 Å². The zero-order valence-corrected chi connectivity index (χ0v) is 11.1. The van der Waals surface area contributed by atoms with E-state index in [2.05, 4.69) is 24.4 Å². The Kier molecular flexibility index (Phi) is 4.36. The number of rotatable bonds is 5. The molecule has 18 heavy (non-hydrogen) atoms. The maximum absolute atomic E-state index is 9.96. The number of aromatic hydroxyl groups is 1. The van der Waals surface area contributed by atoms with Crippen molar-refractivity contribution in [2.24, 2.45) is 0 Å². The smallest absolute Gasteiger partial charge is 0.115 e. The molecule has 3 N–H and O–H groups in total. The van der Waals surface area contributed by atoms with Gasteiger partial charge in [0.15, 0.2) is 0 Å². The monoisotopic (exact) mass is 263 g/mol. The van der Waals surface area contributed by atoms with Crippen molar-refractivity contribution in [3.05, 3.63) is 51.7 Å². The number of benzene rings is 1. The second-order valence-electron chi connectivity index (χ2n) is 4.25. The van der Waals surface area contributed by atoms with Crippen LogP contribution in [0.15, 0.2) is 36.4 Å². The van der Waals surface area contributed by atoms with E-state index in [0.717, 1.165) is 12.1 Å². The molecule has 0 aliphatic carbocycles. The minimum atomic E-state index is -0.599. The van der Waals surface area contributed by atoms with Gasteiger partial charge in [-0.3, -0.25) is 0 Å². The number of phenols is 1.